The number of carbonyl (C=O) groups is 1. The summed E-state index contributed by atoms with van der Waals surface area (Å²) in [7, 11) is 0. The fraction of sp³-hybridized carbons (Fsp3) is 0.583. The van der Waals surface area contributed by atoms with Crippen molar-refractivity contribution in [2.24, 2.45) is 0 Å². The molecule has 1 saturated heterocycles. The van der Waals surface area contributed by atoms with Crippen LogP contribution in [0.25, 0.3) is 0 Å². The molecule has 17 heavy (non-hydrogen) atoms. The predicted molar refractivity (Wildman–Crippen MR) is 62.7 cm³/mol. The lowest BCUT2D eigenvalue weighted by Crippen LogP contribution is -2.25. The summed E-state index contributed by atoms with van der Waals surface area (Å²) in [4.78, 5) is 21.2. The molecule has 0 atom stereocenters. The van der Waals surface area contributed by atoms with Crippen molar-refractivity contribution in [3.8, 4) is 0 Å². The molecule has 1 aromatic rings. The number of aromatic carboxylic acids is 1. The van der Waals surface area contributed by atoms with Crippen LogP contribution in [0.2, 0.25) is 0 Å². The summed E-state index contributed by atoms with van der Waals surface area (Å²) in [5.74, 6) is -0.275. The third-order valence-electron chi connectivity index (χ3n) is 3.02. The number of aromatic nitrogens is 2. The van der Waals surface area contributed by atoms with Crippen LogP contribution in [-0.4, -0.2) is 39.0 Å². The van der Waals surface area contributed by atoms with Crippen molar-refractivity contribution in [2.45, 2.75) is 32.2 Å². The fourth-order valence-corrected chi connectivity index (χ4v) is 2.04. The molecule has 1 aromatic heterocycles. The molecule has 5 heteroatoms. The molecule has 0 radical (unpaired) electrons. The Balaban J connectivity index is 1.95. The van der Waals surface area contributed by atoms with Crippen molar-refractivity contribution >= 4 is 5.97 Å². The summed E-state index contributed by atoms with van der Waals surface area (Å²) < 4.78 is 0. The molecule has 0 aromatic carbocycles. The van der Waals surface area contributed by atoms with E-state index in [4.69, 9.17) is 5.11 Å². The van der Waals surface area contributed by atoms with Gasteiger partial charge in [-0.15, -0.1) is 0 Å². The van der Waals surface area contributed by atoms with Gasteiger partial charge in [0.15, 0.2) is 0 Å². The molecule has 1 N–H and O–H groups in total. The van der Waals surface area contributed by atoms with Crippen LogP contribution in [0.4, 0.5) is 0 Å². The van der Waals surface area contributed by atoms with Crippen LogP contribution in [0, 0.1) is 0 Å². The highest BCUT2D eigenvalue weighted by Crippen LogP contribution is 2.11. The van der Waals surface area contributed by atoms with Gasteiger partial charge in [-0.2, -0.15) is 0 Å². The Morgan fingerprint density at radius 2 is 1.76 bits per heavy atom. The summed E-state index contributed by atoms with van der Waals surface area (Å²) in [6.07, 6.45) is 7.82. The third kappa shape index (κ3) is 3.49. The van der Waals surface area contributed by atoms with E-state index in [2.05, 4.69) is 14.9 Å². The van der Waals surface area contributed by atoms with Gasteiger partial charge in [0.25, 0.3) is 0 Å². The van der Waals surface area contributed by atoms with E-state index in [1.807, 2.05) is 0 Å². The van der Waals surface area contributed by atoms with Crippen molar-refractivity contribution in [1.29, 1.82) is 0 Å². The van der Waals surface area contributed by atoms with Crippen LogP contribution in [0.3, 0.4) is 0 Å². The zero-order chi connectivity index (χ0) is 12.1. The lowest BCUT2D eigenvalue weighted by molar-refractivity contribution is 0.0696. The minimum Gasteiger partial charge on any atom is -0.478 e. The number of carboxylic acids is 1. The summed E-state index contributed by atoms with van der Waals surface area (Å²) >= 11 is 0. The van der Waals surface area contributed by atoms with Crippen LogP contribution in [0.15, 0.2) is 12.4 Å². The minimum atomic E-state index is -0.980. The van der Waals surface area contributed by atoms with E-state index < -0.39 is 5.97 Å². The Bertz CT molecular complexity index is 370. The van der Waals surface area contributed by atoms with Crippen LogP contribution in [-0.2, 0) is 6.54 Å². The maximum Gasteiger partial charge on any atom is 0.338 e. The lowest BCUT2D eigenvalue weighted by Gasteiger charge is -2.18. The summed E-state index contributed by atoms with van der Waals surface area (Å²) in [6.45, 7) is 2.90. The highest BCUT2D eigenvalue weighted by Gasteiger charge is 2.11. The van der Waals surface area contributed by atoms with E-state index in [1.165, 1.54) is 38.1 Å². The lowest BCUT2D eigenvalue weighted by atomic mass is 10.2. The molecule has 0 unspecified atom stereocenters. The average Bonchev–Trinajstić information content (AvgIpc) is 2.58. The van der Waals surface area contributed by atoms with E-state index in [0.717, 1.165) is 19.6 Å². The van der Waals surface area contributed by atoms with Gasteiger partial charge in [-0.3, -0.25) is 4.90 Å². The number of likely N-dealkylation sites (tertiary alicyclic amines) is 1. The van der Waals surface area contributed by atoms with Gasteiger partial charge in [0, 0.05) is 12.4 Å². The Morgan fingerprint density at radius 1 is 1.18 bits per heavy atom. The van der Waals surface area contributed by atoms with Gasteiger partial charge >= 0.3 is 5.97 Å². The fourth-order valence-electron chi connectivity index (χ4n) is 2.04. The van der Waals surface area contributed by atoms with Gasteiger partial charge in [0.1, 0.15) is 5.82 Å². The monoisotopic (exact) mass is 235 g/mol. The maximum atomic E-state index is 10.7. The van der Waals surface area contributed by atoms with Gasteiger partial charge in [-0.05, 0) is 25.9 Å². The second kappa shape index (κ2) is 5.72. The van der Waals surface area contributed by atoms with Crippen LogP contribution in [0.5, 0.6) is 0 Å². The molecule has 1 aliphatic rings. The zero-order valence-electron chi connectivity index (χ0n) is 9.80. The highest BCUT2D eigenvalue weighted by atomic mass is 16.4. The van der Waals surface area contributed by atoms with E-state index in [0.29, 0.717) is 5.82 Å². The second-order valence-corrected chi connectivity index (χ2v) is 4.38. The average molecular weight is 235 g/mol. The molecule has 5 nitrogen and oxygen atoms in total. The van der Waals surface area contributed by atoms with E-state index >= 15 is 0 Å². The van der Waals surface area contributed by atoms with Crippen LogP contribution >= 0.6 is 0 Å². The number of hydrogen-bond donors (Lipinski definition) is 1. The summed E-state index contributed by atoms with van der Waals surface area (Å²) in [5, 5.41) is 8.74. The van der Waals surface area contributed by atoms with Crippen molar-refractivity contribution in [3.05, 3.63) is 23.8 Å². The highest BCUT2D eigenvalue weighted by molar-refractivity contribution is 5.86. The second-order valence-electron chi connectivity index (χ2n) is 4.38. The van der Waals surface area contributed by atoms with Gasteiger partial charge in [-0.1, -0.05) is 12.8 Å². The standard InChI is InChI=1S/C12H17N3O2/c16-12(17)10-7-13-11(14-8-10)9-15-5-3-1-2-4-6-15/h7-8H,1-6,9H2,(H,16,17). The Morgan fingerprint density at radius 3 is 2.29 bits per heavy atom. The number of hydrogen-bond acceptors (Lipinski definition) is 4. The van der Waals surface area contributed by atoms with Crippen LogP contribution in [0.1, 0.15) is 41.9 Å². The first-order valence-electron chi connectivity index (χ1n) is 6.02. The summed E-state index contributed by atoms with van der Waals surface area (Å²) in [5.41, 5.74) is 0.143. The smallest absolute Gasteiger partial charge is 0.338 e. The Labute approximate surface area is 100 Å². The predicted octanol–water partition coefficient (Wildman–Crippen LogP) is 1.55. The third-order valence-corrected chi connectivity index (χ3v) is 3.02. The molecular weight excluding hydrogens is 218 g/mol. The first kappa shape index (κ1) is 12.0. The topological polar surface area (TPSA) is 66.3 Å². The SMILES string of the molecule is O=C(O)c1cnc(CN2CCCCCC2)nc1. The molecule has 2 heterocycles. The molecule has 0 saturated carbocycles. The van der Waals surface area contributed by atoms with E-state index in [9.17, 15) is 4.79 Å². The molecule has 2 rings (SSSR count). The quantitative estimate of drug-likeness (QED) is 0.861. The van der Waals surface area contributed by atoms with Gasteiger partial charge in [0.2, 0.25) is 0 Å². The number of carboxylic acid groups (broad SMARTS) is 1. The molecule has 0 spiro atoms. The Kier molecular flexibility index (Phi) is 4.03. The van der Waals surface area contributed by atoms with Crippen molar-refractivity contribution in [2.75, 3.05) is 13.1 Å². The number of rotatable bonds is 3. The van der Waals surface area contributed by atoms with Gasteiger partial charge < -0.3 is 5.11 Å². The van der Waals surface area contributed by atoms with Crippen molar-refractivity contribution in [1.82, 2.24) is 14.9 Å². The molecule has 0 amide bonds. The molecule has 1 fully saturated rings. The van der Waals surface area contributed by atoms with Gasteiger partial charge in [0.05, 0.1) is 12.1 Å². The Hall–Kier alpha value is -1.49. The summed E-state index contributed by atoms with van der Waals surface area (Å²) in [6, 6.07) is 0. The largest absolute Gasteiger partial charge is 0.478 e. The maximum absolute atomic E-state index is 10.7. The van der Waals surface area contributed by atoms with Crippen LogP contribution < -0.4 is 0 Å². The molecule has 92 valence electrons. The van der Waals surface area contributed by atoms with Crippen molar-refractivity contribution in [3.63, 3.8) is 0 Å². The minimum absolute atomic E-state index is 0.143. The molecule has 0 aliphatic carbocycles. The van der Waals surface area contributed by atoms with E-state index in [1.54, 1.807) is 0 Å². The van der Waals surface area contributed by atoms with Crippen molar-refractivity contribution < 1.29 is 9.90 Å². The molecular formula is C12H17N3O2. The first-order chi connectivity index (χ1) is 8.25. The van der Waals surface area contributed by atoms with E-state index in [-0.39, 0.29) is 5.56 Å². The normalized spacial score (nSPS) is 17.6. The zero-order valence-corrected chi connectivity index (χ0v) is 9.80. The van der Waals surface area contributed by atoms with Gasteiger partial charge in [-0.25, -0.2) is 14.8 Å². The molecule has 0 bridgehead atoms. The number of nitrogens with zero attached hydrogens (tertiary/aromatic N) is 3. The first-order valence-corrected chi connectivity index (χ1v) is 6.02. The molecule has 1 aliphatic heterocycles.